The molecule has 0 atom stereocenters. The van der Waals surface area contributed by atoms with Gasteiger partial charge in [0.05, 0.1) is 22.6 Å². The minimum absolute atomic E-state index is 0.0451. The molecular weight excluding hydrogens is 309 g/mol. The number of nitrogens with zero attached hydrogens (tertiary/aromatic N) is 4. The molecule has 2 aromatic heterocycles. The van der Waals surface area contributed by atoms with E-state index >= 15 is 0 Å². The Kier molecular flexibility index (Phi) is 3.74. The Hall–Kier alpha value is -2.51. The zero-order valence-corrected chi connectivity index (χ0v) is 12.2. The molecule has 8 heteroatoms. The van der Waals surface area contributed by atoms with E-state index in [0.29, 0.717) is 22.4 Å². The fraction of sp³-hybridized carbons (Fsp3) is 0.0714. The lowest BCUT2D eigenvalue weighted by atomic mass is 10.2. The summed E-state index contributed by atoms with van der Waals surface area (Å²) in [4.78, 5) is 12.7. The Morgan fingerprint density at radius 3 is 2.91 bits per heavy atom. The molecule has 0 aliphatic rings. The van der Waals surface area contributed by atoms with Crippen LogP contribution >= 0.6 is 11.6 Å². The minimum Gasteiger partial charge on any atom is -0.318 e. The van der Waals surface area contributed by atoms with Crippen molar-refractivity contribution in [3.05, 3.63) is 53.2 Å². The van der Waals surface area contributed by atoms with Crippen molar-refractivity contribution in [1.82, 2.24) is 20.0 Å². The molecule has 0 saturated carbocycles. The van der Waals surface area contributed by atoms with E-state index in [4.69, 9.17) is 11.6 Å². The SMILES string of the molecule is Cn1cnc2c(C(=Nc3ccc(F)c(Cl)c3)NO)ccnc21. The van der Waals surface area contributed by atoms with E-state index in [0.717, 1.165) is 0 Å². The third kappa shape index (κ3) is 2.51. The highest BCUT2D eigenvalue weighted by molar-refractivity contribution is 6.31. The number of nitrogens with one attached hydrogen (secondary N) is 1. The van der Waals surface area contributed by atoms with E-state index in [2.05, 4.69) is 15.0 Å². The first kappa shape index (κ1) is 14.4. The number of aryl methyl sites for hydroxylation is 1. The Balaban J connectivity index is 2.13. The van der Waals surface area contributed by atoms with Crippen LogP contribution in [0.3, 0.4) is 0 Å². The van der Waals surface area contributed by atoms with Gasteiger partial charge in [0.2, 0.25) is 0 Å². The summed E-state index contributed by atoms with van der Waals surface area (Å²) in [5.74, 6) is -0.371. The van der Waals surface area contributed by atoms with Crippen molar-refractivity contribution in [3.63, 3.8) is 0 Å². The normalized spacial score (nSPS) is 11.9. The molecular formula is C14H11ClFN5O. The second-order valence-electron chi connectivity index (χ2n) is 4.56. The number of hydroxylamine groups is 1. The van der Waals surface area contributed by atoms with Crippen LogP contribution in [0.5, 0.6) is 0 Å². The van der Waals surface area contributed by atoms with Gasteiger partial charge in [-0.1, -0.05) is 11.6 Å². The van der Waals surface area contributed by atoms with Gasteiger partial charge in [-0.2, -0.15) is 0 Å². The third-order valence-electron chi connectivity index (χ3n) is 3.10. The molecule has 1 aromatic carbocycles. The molecule has 0 unspecified atom stereocenters. The first-order valence-electron chi connectivity index (χ1n) is 6.30. The molecule has 0 fully saturated rings. The van der Waals surface area contributed by atoms with Crippen LogP contribution in [0.1, 0.15) is 5.56 Å². The number of hydrogen-bond acceptors (Lipinski definition) is 4. The van der Waals surface area contributed by atoms with Crippen LogP contribution in [0.25, 0.3) is 11.2 Å². The number of imidazole rings is 1. The molecule has 3 aromatic rings. The van der Waals surface area contributed by atoms with Gasteiger partial charge in [0, 0.05) is 13.2 Å². The summed E-state index contributed by atoms with van der Waals surface area (Å²) in [6.07, 6.45) is 3.20. The van der Waals surface area contributed by atoms with Gasteiger partial charge in [0.1, 0.15) is 11.3 Å². The maximum Gasteiger partial charge on any atom is 0.160 e. The molecule has 22 heavy (non-hydrogen) atoms. The van der Waals surface area contributed by atoms with Crippen LogP contribution in [0, 0.1) is 5.82 Å². The standard InChI is InChI=1S/C14H11ClFN5O/c1-21-7-18-12-9(4-5-17-14(12)21)13(20-22)19-8-2-3-11(16)10(15)6-8/h2-7,22H,1H3,(H,19,20). The van der Waals surface area contributed by atoms with E-state index < -0.39 is 5.82 Å². The zero-order chi connectivity index (χ0) is 15.7. The predicted octanol–water partition coefficient (Wildman–Crippen LogP) is 2.82. The van der Waals surface area contributed by atoms with Gasteiger partial charge in [0.25, 0.3) is 0 Å². The smallest absolute Gasteiger partial charge is 0.160 e. The lowest BCUT2D eigenvalue weighted by Crippen LogP contribution is -2.20. The van der Waals surface area contributed by atoms with Gasteiger partial charge >= 0.3 is 0 Å². The van der Waals surface area contributed by atoms with Crippen LogP contribution in [0.4, 0.5) is 10.1 Å². The lowest BCUT2D eigenvalue weighted by Gasteiger charge is -2.06. The van der Waals surface area contributed by atoms with E-state index in [1.807, 2.05) is 12.5 Å². The maximum atomic E-state index is 13.2. The molecule has 0 aliphatic heterocycles. The van der Waals surface area contributed by atoms with Gasteiger partial charge in [-0.3, -0.25) is 10.7 Å². The number of hydrogen-bond donors (Lipinski definition) is 2. The number of aliphatic imine (C=N–C) groups is 1. The molecule has 0 radical (unpaired) electrons. The molecule has 3 rings (SSSR count). The van der Waals surface area contributed by atoms with Gasteiger partial charge in [-0.15, -0.1) is 0 Å². The van der Waals surface area contributed by atoms with Gasteiger partial charge < -0.3 is 4.57 Å². The number of aromatic nitrogens is 3. The molecule has 112 valence electrons. The van der Waals surface area contributed by atoms with E-state index in [1.165, 1.54) is 18.2 Å². The summed E-state index contributed by atoms with van der Waals surface area (Å²) in [7, 11) is 1.81. The second kappa shape index (κ2) is 5.70. The largest absolute Gasteiger partial charge is 0.318 e. The molecule has 6 nitrogen and oxygen atoms in total. The Labute approximate surface area is 129 Å². The third-order valence-corrected chi connectivity index (χ3v) is 3.39. The molecule has 2 heterocycles. The average molecular weight is 320 g/mol. The van der Waals surface area contributed by atoms with Crippen LogP contribution in [-0.4, -0.2) is 25.6 Å². The van der Waals surface area contributed by atoms with Crippen molar-refractivity contribution < 1.29 is 9.60 Å². The van der Waals surface area contributed by atoms with Crippen molar-refractivity contribution >= 4 is 34.3 Å². The van der Waals surface area contributed by atoms with E-state index in [1.54, 1.807) is 23.2 Å². The van der Waals surface area contributed by atoms with Crippen molar-refractivity contribution in [2.45, 2.75) is 0 Å². The number of halogens is 2. The summed E-state index contributed by atoms with van der Waals surface area (Å²) < 4.78 is 14.9. The number of rotatable bonds is 2. The molecule has 0 saturated heterocycles. The van der Waals surface area contributed by atoms with Gasteiger partial charge in [-0.25, -0.2) is 19.4 Å². The fourth-order valence-electron chi connectivity index (χ4n) is 2.05. The fourth-order valence-corrected chi connectivity index (χ4v) is 2.22. The van der Waals surface area contributed by atoms with E-state index in [9.17, 15) is 9.60 Å². The summed E-state index contributed by atoms with van der Waals surface area (Å²) in [5, 5.41) is 9.34. The van der Waals surface area contributed by atoms with Crippen LogP contribution in [0.2, 0.25) is 5.02 Å². The number of fused-ring (bicyclic) bond motifs is 1. The molecule has 0 aliphatic carbocycles. The predicted molar refractivity (Wildman–Crippen MR) is 81.0 cm³/mol. The topological polar surface area (TPSA) is 75.3 Å². The molecule has 0 spiro atoms. The Bertz CT molecular complexity index is 877. The Morgan fingerprint density at radius 2 is 2.18 bits per heavy atom. The maximum absolute atomic E-state index is 13.2. The van der Waals surface area contributed by atoms with Crippen molar-refractivity contribution in [2.75, 3.05) is 0 Å². The van der Waals surface area contributed by atoms with Crippen LogP contribution in [0.15, 0.2) is 41.8 Å². The lowest BCUT2D eigenvalue weighted by molar-refractivity contribution is 0.235. The number of amidine groups is 1. The summed E-state index contributed by atoms with van der Waals surface area (Å²) in [6.45, 7) is 0. The summed E-state index contributed by atoms with van der Waals surface area (Å²) in [5.41, 5.74) is 4.23. The van der Waals surface area contributed by atoms with Crippen LogP contribution in [-0.2, 0) is 7.05 Å². The van der Waals surface area contributed by atoms with Gasteiger partial charge in [-0.05, 0) is 24.3 Å². The monoisotopic (exact) mass is 319 g/mol. The van der Waals surface area contributed by atoms with Crippen molar-refractivity contribution in [1.29, 1.82) is 0 Å². The highest BCUT2D eigenvalue weighted by atomic mass is 35.5. The second-order valence-corrected chi connectivity index (χ2v) is 4.96. The highest BCUT2D eigenvalue weighted by Gasteiger charge is 2.12. The number of pyridine rings is 1. The molecule has 0 amide bonds. The minimum atomic E-state index is -0.532. The van der Waals surface area contributed by atoms with Crippen molar-refractivity contribution in [2.24, 2.45) is 12.0 Å². The van der Waals surface area contributed by atoms with Crippen molar-refractivity contribution in [3.8, 4) is 0 Å². The van der Waals surface area contributed by atoms with E-state index in [-0.39, 0.29) is 10.9 Å². The average Bonchev–Trinajstić information content (AvgIpc) is 2.90. The summed E-state index contributed by atoms with van der Waals surface area (Å²) >= 11 is 5.73. The highest BCUT2D eigenvalue weighted by Crippen LogP contribution is 2.23. The van der Waals surface area contributed by atoms with Gasteiger partial charge in [0.15, 0.2) is 11.5 Å². The zero-order valence-electron chi connectivity index (χ0n) is 11.5. The quantitative estimate of drug-likeness (QED) is 0.433. The first-order valence-corrected chi connectivity index (χ1v) is 6.68. The molecule has 0 bridgehead atoms. The first-order chi connectivity index (χ1) is 10.6. The number of benzene rings is 1. The molecule has 2 N–H and O–H groups in total. The summed E-state index contributed by atoms with van der Waals surface area (Å²) in [6, 6.07) is 5.70. The Morgan fingerprint density at radius 1 is 1.36 bits per heavy atom. The van der Waals surface area contributed by atoms with Crippen LogP contribution < -0.4 is 5.48 Å².